The molecule has 1 amide bonds. The van der Waals surface area contributed by atoms with Crippen LogP contribution >= 0.6 is 0 Å². The molecule has 0 radical (unpaired) electrons. The summed E-state index contributed by atoms with van der Waals surface area (Å²) in [5.74, 6) is -8.14. The molecule has 14 atom stereocenters. The van der Waals surface area contributed by atoms with E-state index >= 15 is 9.59 Å². The van der Waals surface area contributed by atoms with Crippen LogP contribution in [0.2, 0.25) is 16.6 Å². The van der Waals surface area contributed by atoms with Crippen molar-refractivity contribution in [1.82, 2.24) is 4.90 Å². The minimum Gasteiger partial charge on any atom is -0.456 e. The molecule has 1 aromatic carbocycles. The summed E-state index contributed by atoms with van der Waals surface area (Å²) in [6.45, 7) is 26.5. The van der Waals surface area contributed by atoms with Crippen molar-refractivity contribution in [3.05, 3.63) is 70.3 Å². The number of Topliss-reactive ketones (excluding diaryl/α,β-unsaturated/α-hetero) is 2. The van der Waals surface area contributed by atoms with E-state index < -0.39 is 124 Å². The van der Waals surface area contributed by atoms with Gasteiger partial charge in [0.1, 0.15) is 30.1 Å². The van der Waals surface area contributed by atoms with Crippen LogP contribution in [-0.2, 0) is 61.6 Å². The maximum atomic E-state index is 15.2. The number of allylic oxidation sites excluding steroid dienone is 4. The molecule has 3 heterocycles. The number of ketones is 2. The summed E-state index contributed by atoms with van der Waals surface area (Å²) in [5, 5.41) is 24.2. The van der Waals surface area contributed by atoms with E-state index in [0.717, 1.165) is 17.7 Å². The van der Waals surface area contributed by atoms with Crippen LogP contribution in [0.4, 0.5) is 5.69 Å². The molecule has 14 unspecified atom stereocenters. The summed E-state index contributed by atoms with van der Waals surface area (Å²) in [6, 6.07) is 3.77. The lowest BCUT2D eigenvalue weighted by Gasteiger charge is -2.47. The maximum Gasteiger partial charge on any atom is 0.329 e. The molecular weight excluding hydrogens is 1050 g/mol. The monoisotopic (exact) mass is 1140 g/mol. The number of amides is 1. The van der Waals surface area contributed by atoms with E-state index in [0.29, 0.717) is 44.1 Å². The van der Waals surface area contributed by atoms with Crippen LogP contribution in [-0.4, -0.2) is 138 Å². The Morgan fingerprint density at radius 2 is 1.51 bits per heavy atom. The van der Waals surface area contributed by atoms with Crippen molar-refractivity contribution in [2.75, 3.05) is 27.9 Å². The lowest BCUT2D eigenvalue weighted by Crippen LogP contribution is -2.64. The fraction of sp³-hybridized carbons (Fsp3) is 0.729. The van der Waals surface area contributed by atoms with E-state index in [1.54, 1.807) is 13.0 Å². The van der Waals surface area contributed by atoms with Crippen molar-refractivity contribution in [3.8, 4) is 0 Å². The molecule has 1 aliphatic carbocycles. The molecule has 3 fully saturated rings. The van der Waals surface area contributed by atoms with E-state index in [1.807, 2.05) is 32.9 Å². The summed E-state index contributed by atoms with van der Waals surface area (Å²) in [6.07, 6.45) is 3.47. The highest BCUT2D eigenvalue weighted by atomic mass is 32.2. The molecule has 79 heavy (non-hydrogen) atoms. The number of aliphatic hydroxyl groups is 1. The second-order valence-corrected chi connectivity index (χ2v) is 30.9. The first kappa shape index (κ1) is 65.8. The second-order valence-electron chi connectivity index (χ2n) is 23.9. The second kappa shape index (κ2) is 28.3. The highest BCUT2D eigenvalue weighted by Crippen LogP contribution is 2.46. The number of esters is 1. The van der Waals surface area contributed by atoms with Gasteiger partial charge in [-0.3, -0.25) is 28.7 Å². The van der Waals surface area contributed by atoms with Gasteiger partial charge >= 0.3 is 16.1 Å². The van der Waals surface area contributed by atoms with E-state index in [9.17, 15) is 33.2 Å². The molecule has 1 aromatic rings. The standard InChI is InChI=1S/C59H92N2O16SSi/c1-16-21-44-29-38(8)28-39(9)30-51(72-14)55-52(73-15)32-41(11)59(66,75-55)56(63)57(64)60-27-20-19-23-46(60)58(65)74-54(42(12)49(34-47(44)62)77-79(35(2)3,36(4)5)37(6)7)40(10)31-43-25-26-48(50(33-43)71-13)76-78(69,70)53-24-18-17-22-45(53)61(67)68/h16-18,22,24,29,31,35-37,39,41-44,46,48-52,54-55,66H,1,19-21,23,25-28,30,32-34H2,2-15H3/b38-29+,40-31?. The van der Waals surface area contributed by atoms with Crippen molar-refractivity contribution in [3.63, 3.8) is 0 Å². The number of benzene rings is 1. The van der Waals surface area contributed by atoms with Crippen LogP contribution in [0.1, 0.15) is 147 Å². The van der Waals surface area contributed by atoms with Gasteiger partial charge in [-0.2, -0.15) is 8.42 Å². The first-order chi connectivity index (χ1) is 37.1. The molecule has 0 aromatic heterocycles. The number of cyclic esters (lactones) is 1. The summed E-state index contributed by atoms with van der Waals surface area (Å²) in [5.41, 5.74) is 1.30. The number of nitrogens with zero attached hydrogens (tertiary/aromatic N) is 2. The minimum atomic E-state index is -4.60. The molecule has 1 saturated carbocycles. The SMILES string of the molecule is C=CCC1/C=C(\C)CC(C)CC(OC)C2OC(O)(C(=O)C(=O)N3CCCCC3C(=O)OC(C(C)=CC3CCC(OS(=O)(=O)c4ccccc4[N+](=O)[O-])C(OC)C3)C(C)C(O[Si](C(C)C)(C(C)C)C(C)C)CC1=O)C(C)CC2OC. The Hall–Kier alpha value is -3.99. The number of nitro benzene ring substituents is 1. The number of hydrogen-bond acceptors (Lipinski definition) is 16. The summed E-state index contributed by atoms with van der Waals surface area (Å²) in [4.78, 5) is 71.5. The van der Waals surface area contributed by atoms with E-state index in [1.165, 1.54) is 38.4 Å². The molecule has 20 heteroatoms. The molecule has 3 aliphatic heterocycles. The molecular formula is C59H92N2O16SSi. The van der Waals surface area contributed by atoms with Crippen molar-refractivity contribution in [1.29, 1.82) is 0 Å². The fourth-order valence-electron chi connectivity index (χ4n) is 13.4. The smallest absolute Gasteiger partial charge is 0.329 e. The molecule has 2 bridgehead atoms. The highest BCUT2D eigenvalue weighted by Gasteiger charge is 2.57. The van der Waals surface area contributed by atoms with E-state index in [-0.39, 0.29) is 72.9 Å². The van der Waals surface area contributed by atoms with Gasteiger partial charge in [0.2, 0.25) is 14.1 Å². The predicted molar refractivity (Wildman–Crippen MR) is 302 cm³/mol. The van der Waals surface area contributed by atoms with Gasteiger partial charge in [0.05, 0.1) is 29.3 Å². The Bertz CT molecular complexity index is 2460. The first-order valence-corrected chi connectivity index (χ1v) is 32.0. The molecule has 2 saturated heterocycles. The van der Waals surface area contributed by atoms with Gasteiger partial charge in [-0.1, -0.05) is 98.2 Å². The van der Waals surface area contributed by atoms with Gasteiger partial charge in [-0.15, -0.1) is 6.58 Å². The lowest BCUT2D eigenvalue weighted by atomic mass is 9.81. The minimum absolute atomic E-state index is 0.0218. The van der Waals surface area contributed by atoms with Crippen LogP contribution in [0.3, 0.4) is 0 Å². The number of carbonyl (C=O) groups excluding carboxylic acids is 4. The van der Waals surface area contributed by atoms with Crippen LogP contribution in [0.25, 0.3) is 0 Å². The summed E-state index contributed by atoms with van der Waals surface area (Å²) >= 11 is 0. The van der Waals surface area contributed by atoms with Crippen LogP contribution in [0.15, 0.2) is 65.1 Å². The van der Waals surface area contributed by atoms with Crippen molar-refractivity contribution < 1.29 is 69.9 Å². The van der Waals surface area contributed by atoms with Gasteiger partial charge in [0.25, 0.3) is 17.4 Å². The maximum absolute atomic E-state index is 15.2. The largest absolute Gasteiger partial charge is 0.456 e. The van der Waals surface area contributed by atoms with Crippen LogP contribution in [0.5, 0.6) is 0 Å². The third kappa shape index (κ3) is 15.2. The number of fused-ring (bicyclic) bond motifs is 3. The fourth-order valence-corrected chi connectivity index (χ4v) is 20.3. The van der Waals surface area contributed by atoms with Gasteiger partial charge < -0.3 is 38.1 Å². The number of nitro groups is 1. The molecule has 5 rings (SSSR count). The highest BCUT2D eigenvalue weighted by molar-refractivity contribution is 7.87. The predicted octanol–water partition coefficient (Wildman–Crippen LogP) is 10.2. The lowest BCUT2D eigenvalue weighted by molar-refractivity contribution is -0.387. The van der Waals surface area contributed by atoms with Gasteiger partial charge in [-0.25, -0.2) is 4.79 Å². The zero-order valence-corrected chi connectivity index (χ0v) is 51.2. The third-order valence-electron chi connectivity index (χ3n) is 17.5. The number of ether oxygens (including phenoxy) is 5. The Kier molecular flexibility index (Phi) is 23.6. The summed E-state index contributed by atoms with van der Waals surface area (Å²) in [7, 11) is -2.91. The zero-order chi connectivity index (χ0) is 58.9. The van der Waals surface area contributed by atoms with Crippen molar-refractivity contribution >= 4 is 47.6 Å². The van der Waals surface area contributed by atoms with Gasteiger partial charge in [0, 0.05) is 58.1 Å². The molecule has 0 spiro atoms. The normalized spacial score (nSPS) is 33.4. The van der Waals surface area contributed by atoms with Gasteiger partial charge in [0.15, 0.2) is 4.90 Å². The number of para-hydroxylation sites is 1. The van der Waals surface area contributed by atoms with Crippen molar-refractivity contribution in [2.24, 2.45) is 29.6 Å². The Labute approximate surface area is 471 Å². The Morgan fingerprint density at radius 3 is 2.10 bits per heavy atom. The van der Waals surface area contributed by atoms with E-state index in [4.69, 9.17) is 32.3 Å². The third-order valence-corrected chi connectivity index (χ3v) is 25.0. The molecule has 18 nitrogen and oxygen atoms in total. The zero-order valence-electron chi connectivity index (χ0n) is 49.3. The Balaban J connectivity index is 1.66. The molecule has 4 aliphatic rings. The average molecular weight is 1150 g/mol. The number of rotatable bonds is 16. The van der Waals surface area contributed by atoms with Crippen molar-refractivity contribution in [2.45, 2.75) is 223 Å². The van der Waals surface area contributed by atoms with Crippen LogP contribution < -0.4 is 0 Å². The quantitative estimate of drug-likeness (QED) is 0.0308. The number of carbonyl (C=O) groups is 4. The number of hydrogen-bond donors (Lipinski definition) is 1. The topological polar surface area (TPSA) is 234 Å². The van der Waals surface area contributed by atoms with Gasteiger partial charge in [-0.05, 0) is 118 Å². The first-order valence-electron chi connectivity index (χ1n) is 28.5. The number of methoxy groups -OCH3 is 3. The number of piperidine rings is 1. The average Bonchev–Trinajstić information content (AvgIpc) is 3.40. The molecule has 444 valence electrons. The van der Waals surface area contributed by atoms with E-state index in [2.05, 4.69) is 55.0 Å². The van der Waals surface area contributed by atoms with Crippen LogP contribution in [0, 0.1) is 39.7 Å². The molecule has 1 N–H and O–H groups in total. The summed E-state index contributed by atoms with van der Waals surface area (Å²) < 4.78 is 71.4. The Morgan fingerprint density at radius 1 is 0.886 bits per heavy atom.